The Morgan fingerprint density at radius 1 is 1.22 bits per heavy atom. The van der Waals surface area contributed by atoms with Gasteiger partial charge in [-0.3, -0.25) is 9.78 Å². The lowest BCUT2D eigenvalue weighted by atomic mass is 9.97. The maximum absolute atomic E-state index is 12.7. The summed E-state index contributed by atoms with van der Waals surface area (Å²) < 4.78 is 10.8. The van der Waals surface area contributed by atoms with Crippen LogP contribution >= 0.6 is 0 Å². The van der Waals surface area contributed by atoms with E-state index in [-0.39, 0.29) is 23.9 Å². The van der Waals surface area contributed by atoms with E-state index in [9.17, 15) is 4.79 Å². The van der Waals surface area contributed by atoms with E-state index in [0.717, 1.165) is 11.3 Å². The molecule has 138 valence electrons. The Hall–Kier alpha value is -3.04. The summed E-state index contributed by atoms with van der Waals surface area (Å²) in [4.78, 5) is 23.0. The molecule has 3 aromatic rings. The van der Waals surface area contributed by atoms with Gasteiger partial charge in [-0.2, -0.15) is 4.98 Å². The Morgan fingerprint density at radius 2 is 2.15 bits per heavy atom. The summed E-state index contributed by atoms with van der Waals surface area (Å²) in [6.45, 7) is 1.16. The predicted molar refractivity (Wildman–Crippen MR) is 93.0 cm³/mol. The van der Waals surface area contributed by atoms with Crippen molar-refractivity contribution in [2.24, 2.45) is 0 Å². The Labute approximate surface area is 154 Å². The van der Waals surface area contributed by atoms with Gasteiger partial charge in [-0.1, -0.05) is 5.16 Å². The van der Waals surface area contributed by atoms with Gasteiger partial charge in [0.1, 0.15) is 11.8 Å². The SMILES string of the molecule is O=C(C1CC(c2ccco2)NN1)N1CC(c2nc(-c3cccnc3)no2)C1. The smallest absolute Gasteiger partial charge is 0.241 e. The first-order chi connectivity index (χ1) is 13.3. The number of furan rings is 1. The third-order valence-corrected chi connectivity index (χ3v) is 4.99. The van der Waals surface area contributed by atoms with Crippen LogP contribution in [0, 0.1) is 0 Å². The van der Waals surface area contributed by atoms with Gasteiger partial charge in [0.2, 0.25) is 17.6 Å². The number of nitrogens with zero attached hydrogens (tertiary/aromatic N) is 4. The number of carbonyl (C=O) groups excluding carboxylic acids is 1. The fraction of sp³-hybridized carbons (Fsp3) is 0.333. The average Bonchev–Trinajstić information content (AvgIpc) is 3.41. The zero-order chi connectivity index (χ0) is 18.2. The number of hydrogen-bond acceptors (Lipinski definition) is 8. The molecule has 2 unspecified atom stereocenters. The molecule has 0 spiro atoms. The second kappa shape index (κ2) is 6.60. The van der Waals surface area contributed by atoms with Crippen molar-refractivity contribution in [3.63, 3.8) is 0 Å². The second-order valence-corrected chi connectivity index (χ2v) is 6.78. The lowest BCUT2D eigenvalue weighted by Gasteiger charge is -2.38. The molecular formula is C18H18N6O3. The van der Waals surface area contributed by atoms with Crippen LogP contribution in [0.25, 0.3) is 11.4 Å². The van der Waals surface area contributed by atoms with Gasteiger partial charge in [0, 0.05) is 31.0 Å². The van der Waals surface area contributed by atoms with Crippen molar-refractivity contribution < 1.29 is 13.7 Å². The van der Waals surface area contributed by atoms with Gasteiger partial charge in [-0.15, -0.1) is 0 Å². The second-order valence-electron chi connectivity index (χ2n) is 6.78. The van der Waals surface area contributed by atoms with Crippen LogP contribution < -0.4 is 10.9 Å². The van der Waals surface area contributed by atoms with E-state index < -0.39 is 0 Å². The Morgan fingerprint density at radius 3 is 2.93 bits per heavy atom. The average molecular weight is 366 g/mol. The number of rotatable bonds is 4. The highest BCUT2D eigenvalue weighted by Crippen LogP contribution is 2.30. The van der Waals surface area contributed by atoms with Crippen molar-refractivity contribution in [1.82, 2.24) is 30.9 Å². The van der Waals surface area contributed by atoms with Crippen LogP contribution in [0.4, 0.5) is 0 Å². The van der Waals surface area contributed by atoms with Gasteiger partial charge in [0.15, 0.2) is 0 Å². The fourth-order valence-electron chi connectivity index (χ4n) is 3.44. The highest BCUT2D eigenvalue weighted by atomic mass is 16.5. The van der Waals surface area contributed by atoms with E-state index in [1.165, 1.54) is 0 Å². The summed E-state index contributed by atoms with van der Waals surface area (Å²) in [5, 5.41) is 4.01. The van der Waals surface area contributed by atoms with Gasteiger partial charge < -0.3 is 13.8 Å². The molecule has 2 fully saturated rings. The lowest BCUT2D eigenvalue weighted by Crippen LogP contribution is -2.54. The van der Waals surface area contributed by atoms with Crippen LogP contribution in [0.3, 0.4) is 0 Å². The van der Waals surface area contributed by atoms with Crippen molar-refractivity contribution in [3.05, 3.63) is 54.6 Å². The first-order valence-electron chi connectivity index (χ1n) is 8.85. The van der Waals surface area contributed by atoms with E-state index in [2.05, 4.69) is 26.0 Å². The van der Waals surface area contributed by atoms with Gasteiger partial charge in [-0.25, -0.2) is 10.9 Å². The number of carbonyl (C=O) groups is 1. The molecule has 0 aromatic carbocycles. The zero-order valence-corrected chi connectivity index (χ0v) is 14.4. The minimum absolute atomic E-state index is 0.00371. The van der Waals surface area contributed by atoms with Crippen molar-refractivity contribution >= 4 is 5.91 Å². The number of likely N-dealkylation sites (tertiary alicyclic amines) is 1. The number of amides is 1. The number of nitrogens with one attached hydrogen (secondary N) is 2. The molecule has 0 radical (unpaired) electrons. The summed E-state index contributed by atoms with van der Waals surface area (Å²) in [6.07, 6.45) is 5.68. The number of hydrazine groups is 1. The van der Waals surface area contributed by atoms with E-state index >= 15 is 0 Å². The molecule has 2 saturated heterocycles. The van der Waals surface area contributed by atoms with Crippen molar-refractivity contribution in [2.75, 3.05) is 13.1 Å². The molecule has 0 saturated carbocycles. The van der Waals surface area contributed by atoms with Gasteiger partial charge in [0.25, 0.3) is 0 Å². The molecule has 0 aliphatic carbocycles. The normalized spacial score (nSPS) is 22.7. The molecule has 3 aromatic heterocycles. The predicted octanol–water partition coefficient (Wildman–Crippen LogP) is 1.26. The van der Waals surface area contributed by atoms with Crippen molar-refractivity contribution in [2.45, 2.75) is 24.4 Å². The Bertz CT molecular complexity index is 920. The maximum Gasteiger partial charge on any atom is 0.241 e. The van der Waals surface area contributed by atoms with Crippen molar-refractivity contribution in [3.8, 4) is 11.4 Å². The minimum Gasteiger partial charge on any atom is -0.468 e. The molecule has 2 N–H and O–H groups in total. The van der Waals surface area contributed by atoms with Crippen LogP contribution in [0.15, 0.2) is 51.9 Å². The zero-order valence-electron chi connectivity index (χ0n) is 14.4. The summed E-state index contributed by atoms with van der Waals surface area (Å²) >= 11 is 0. The summed E-state index contributed by atoms with van der Waals surface area (Å²) in [6, 6.07) is 7.19. The van der Waals surface area contributed by atoms with Crippen LogP contribution in [0.2, 0.25) is 0 Å². The Kier molecular flexibility index (Phi) is 3.95. The monoisotopic (exact) mass is 366 g/mol. The summed E-state index contributed by atoms with van der Waals surface area (Å²) in [7, 11) is 0. The van der Waals surface area contributed by atoms with Gasteiger partial charge in [-0.05, 0) is 30.7 Å². The molecule has 9 nitrogen and oxygen atoms in total. The quantitative estimate of drug-likeness (QED) is 0.710. The van der Waals surface area contributed by atoms with Gasteiger partial charge >= 0.3 is 0 Å². The molecule has 1 amide bonds. The topological polar surface area (TPSA) is 109 Å². The molecule has 2 aliphatic rings. The first-order valence-corrected chi connectivity index (χ1v) is 8.85. The van der Waals surface area contributed by atoms with Crippen LogP contribution in [-0.4, -0.2) is 45.1 Å². The molecule has 9 heteroatoms. The van der Waals surface area contributed by atoms with Crippen LogP contribution in [0.5, 0.6) is 0 Å². The van der Waals surface area contributed by atoms with E-state index in [0.29, 0.717) is 31.2 Å². The Balaban J connectivity index is 1.18. The van der Waals surface area contributed by atoms with E-state index in [1.54, 1.807) is 18.7 Å². The lowest BCUT2D eigenvalue weighted by molar-refractivity contribution is -0.138. The third kappa shape index (κ3) is 3.00. The number of hydrogen-bond donors (Lipinski definition) is 2. The molecule has 2 atom stereocenters. The first kappa shape index (κ1) is 16.2. The molecule has 5 rings (SSSR count). The summed E-state index contributed by atoms with van der Waals surface area (Å²) in [5.74, 6) is 2.05. The van der Waals surface area contributed by atoms with Crippen LogP contribution in [0.1, 0.15) is 30.0 Å². The highest BCUT2D eigenvalue weighted by molar-refractivity contribution is 5.83. The maximum atomic E-state index is 12.7. The van der Waals surface area contributed by atoms with Crippen molar-refractivity contribution in [1.29, 1.82) is 0 Å². The molecular weight excluding hydrogens is 348 g/mol. The largest absolute Gasteiger partial charge is 0.468 e. The molecule has 27 heavy (non-hydrogen) atoms. The third-order valence-electron chi connectivity index (χ3n) is 4.99. The summed E-state index contributed by atoms with van der Waals surface area (Å²) in [5.41, 5.74) is 6.99. The molecule has 0 bridgehead atoms. The van der Waals surface area contributed by atoms with Gasteiger partial charge in [0.05, 0.1) is 18.2 Å². The fourth-order valence-corrected chi connectivity index (χ4v) is 3.44. The standard InChI is InChI=1S/C18H18N6O3/c25-18(14-7-13(21-22-14)15-4-2-6-26-15)24-9-12(10-24)17-20-16(23-27-17)11-3-1-5-19-8-11/h1-6,8,12-14,21-22H,7,9-10H2. The number of aromatic nitrogens is 3. The highest BCUT2D eigenvalue weighted by Gasteiger charge is 2.41. The minimum atomic E-state index is -0.269. The molecule has 5 heterocycles. The van der Waals surface area contributed by atoms with Crippen LogP contribution in [-0.2, 0) is 4.79 Å². The molecule has 2 aliphatic heterocycles. The van der Waals surface area contributed by atoms with E-state index in [1.807, 2.05) is 29.2 Å². The number of pyridine rings is 1. The van der Waals surface area contributed by atoms with E-state index in [4.69, 9.17) is 8.94 Å².